The molecule has 0 aliphatic heterocycles. The number of aryl methyl sites for hydroxylation is 2. The standard InChI is InChI=1S/C13H17N3OS/c1-8-9(2)18-13(15-8)5-12(17)11-6-14-7-16(11)10-3-4-10/h6-7,10,12,17H,3-5H2,1-2H3. The van der Waals surface area contributed by atoms with Gasteiger partial charge in [-0.25, -0.2) is 9.97 Å². The summed E-state index contributed by atoms with van der Waals surface area (Å²) in [7, 11) is 0. The van der Waals surface area contributed by atoms with Crippen LogP contribution in [0.25, 0.3) is 0 Å². The van der Waals surface area contributed by atoms with Crippen molar-refractivity contribution in [3.8, 4) is 0 Å². The Bertz CT molecular complexity index is 537. The Labute approximate surface area is 110 Å². The van der Waals surface area contributed by atoms with Crippen LogP contribution in [0.5, 0.6) is 0 Å². The van der Waals surface area contributed by atoms with Crippen molar-refractivity contribution in [3.05, 3.63) is 33.8 Å². The van der Waals surface area contributed by atoms with Gasteiger partial charge in [-0.15, -0.1) is 11.3 Å². The van der Waals surface area contributed by atoms with Gasteiger partial charge in [0.15, 0.2) is 0 Å². The van der Waals surface area contributed by atoms with E-state index in [1.807, 2.05) is 13.3 Å². The van der Waals surface area contributed by atoms with Crippen LogP contribution >= 0.6 is 11.3 Å². The average molecular weight is 263 g/mol. The summed E-state index contributed by atoms with van der Waals surface area (Å²) >= 11 is 1.67. The van der Waals surface area contributed by atoms with E-state index >= 15 is 0 Å². The second kappa shape index (κ2) is 4.48. The third kappa shape index (κ3) is 2.20. The molecule has 5 heteroatoms. The van der Waals surface area contributed by atoms with Crippen LogP contribution in [0.1, 0.15) is 46.3 Å². The highest BCUT2D eigenvalue weighted by molar-refractivity contribution is 7.11. The van der Waals surface area contributed by atoms with E-state index in [-0.39, 0.29) is 0 Å². The van der Waals surface area contributed by atoms with Crippen molar-refractivity contribution in [3.63, 3.8) is 0 Å². The van der Waals surface area contributed by atoms with Crippen molar-refractivity contribution in [2.45, 2.75) is 45.3 Å². The minimum atomic E-state index is -0.502. The zero-order valence-corrected chi connectivity index (χ0v) is 11.4. The Morgan fingerprint density at radius 3 is 2.89 bits per heavy atom. The van der Waals surface area contributed by atoms with Crippen molar-refractivity contribution < 1.29 is 5.11 Å². The number of aliphatic hydroxyl groups is 1. The zero-order valence-electron chi connectivity index (χ0n) is 10.6. The molecule has 0 bridgehead atoms. The first-order chi connectivity index (χ1) is 8.65. The SMILES string of the molecule is Cc1nc(CC(O)c2cncn2C2CC2)sc1C. The molecule has 0 spiro atoms. The van der Waals surface area contributed by atoms with E-state index in [0.29, 0.717) is 12.5 Å². The highest BCUT2D eigenvalue weighted by Gasteiger charge is 2.27. The Balaban J connectivity index is 1.77. The lowest BCUT2D eigenvalue weighted by molar-refractivity contribution is 0.168. The molecule has 1 saturated carbocycles. The summed E-state index contributed by atoms with van der Waals surface area (Å²) in [6.07, 6.45) is 6.08. The summed E-state index contributed by atoms with van der Waals surface area (Å²) in [6.45, 7) is 4.08. The summed E-state index contributed by atoms with van der Waals surface area (Å²) in [5.74, 6) is 0. The van der Waals surface area contributed by atoms with Crippen molar-refractivity contribution in [1.82, 2.24) is 14.5 Å². The summed E-state index contributed by atoms with van der Waals surface area (Å²) in [5.41, 5.74) is 1.99. The fourth-order valence-electron chi connectivity index (χ4n) is 2.13. The molecule has 3 rings (SSSR count). The Morgan fingerprint density at radius 1 is 1.50 bits per heavy atom. The highest BCUT2D eigenvalue weighted by atomic mass is 32.1. The van der Waals surface area contributed by atoms with Crippen LogP contribution in [-0.4, -0.2) is 19.6 Å². The van der Waals surface area contributed by atoms with Gasteiger partial charge >= 0.3 is 0 Å². The van der Waals surface area contributed by atoms with Gasteiger partial charge in [0.25, 0.3) is 0 Å². The number of thiazole rings is 1. The van der Waals surface area contributed by atoms with E-state index in [1.165, 1.54) is 17.7 Å². The summed E-state index contributed by atoms with van der Waals surface area (Å²) in [5, 5.41) is 11.3. The quantitative estimate of drug-likeness (QED) is 0.922. The molecular formula is C13H17N3OS. The van der Waals surface area contributed by atoms with Crippen LogP contribution in [0.4, 0.5) is 0 Å². The molecule has 1 unspecified atom stereocenters. The van der Waals surface area contributed by atoms with Gasteiger partial charge in [-0.2, -0.15) is 0 Å². The third-order valence-corrected chi connectivity index (χ3v) is 4.51. The monoisotopic (exact) mass is 263 g/mol. The third-order valence-electron chi connectivity index (χ3n) is 3.42. The highest BCUT2D eigenvalue weighted by Crippen LogP contribution is 2.37. The number of hydrogen-bond donors (Lipinski definition) is 1. The molecular weight excluding hydrogens is 246 g/mol. The minimum absolute atomic E-state index is 0.502. The fourth-order valence-corrected chi connectivity index (χ4v) is 3.10. The second-order valence-electron chi connectivity index (χ2n) is 4.93. The van der Waals surface area contributed by atoms with Gasteiger partial charge in [0.2, 0.25) is 0 Å². The normalized spacial score (nSPS) is 17.1. The summed E-state index contributed by atoms with van der Waals surface area (Å²) < 4.78 is 2.11. The molecule has 0 saturated heterocycles. The van der Waals surface area contributed by atoms with Gasteiger partial charge in [0.1, 0.15) is 6.10 Å². The van der Waals surface area contributed by atoms with E-state index < -0.39 is 6.10 Å². The van der Waals surface area contributed by atoms with Crippen molar-refractivity contribution in [2.75, 3.05) is 0 Å². The summed E-state index contributed by atoms with van der Waals surface area (Å²) in [6, 6.07) is 0.553. The van der Waals surface area contributed by atoms with E-state index in [4.69, 9.17) is 0 Å². The molecule has 0 aromatic carbocycles. The van der Waals surface area contributed by atoms with Crippen LogP contribution in [0.15, 0.2) is 12.5 Å². The topological polar surface area (TPSA) is 50.9 Å². The fraction of sp³-hybridized carbons (Fsp3) is 0.538. The lowest BCUT2D eigenvalue weighted by Gasteiger charge is -2.11. The van der Waals surface area contributed by atoms with Crippen LogP contribution in [0.2, 0.25) is 0 Å². The molecule has 1 aliphatic rings. The number of aliphatic hydroxyl groups excluding tert-OH is 1. The number of hydrogen-bond acceptors (Lipinski definition) is 4. The molecule has 96 valence electrons. The predicted molar refractivity (Wildman–Crippen MR) is 70.7 cm³/mol. The maximum Gasteiger partial charge on any atom is 0.102 e. The van der Waals surface area contributed by atoms with E-state index in [9.17, 15) is 5.11 Å². The molecule has 1 aliphatic carbocycles. The molecule has 1 N–H and O–H groups in total. The van der Waals surface area contributed by atoms with Crippen LogP contribution in [0.3, 0.4) is 0 Å². The summed E-state index contributed by atoms with van der Waals surface area (Å²) in [4.78, 5) is 9.86. The first kappa shape index (κ1) is 11.9. The van der Waals surface area contributed by atoms with Gasteiger partial charge in [0.05, 0.1) is 28.9 Å². The number of nitrogens with zero attached hydrogens (tertiary/aromatic N) is 3. The van der Waals surface area contributed by atoms with Crippen LogP contribution in [-0.2, 0) is 6.42 Å². The van der Waals surface area contributed by atoms with E-state index in [0.717, 1.165) is 16.4 Å². The Morgan fingerprint density at radius 2 is 2.28 bits per heavy atom. The lowest BCUT2D eigenvalue weighted by Crippen LogP contribution is -2.08. The van der Waals surface area contributed by atoms with Gasteiger partial charge in [-0.3, -0.25) is 0 Å². The molecule has 0 radical (unpaired) electrons. The molecule has 2 aromatic rings. The average Bonchev–Trinajstić information content (AvgIpc) is 2.96. The van der Waals surface area contributed by atoms with Crippen LogP contribution < -0.4 is 0 Å². The molecule has 2 heterocycles. The van der Waals surface area contributed by atoms with Crippen molar-refractivity contribution >= 4 is 11.3 Å². The Hall–Kier alpha value is -1.20. The number of rotatable bonds is 4. The number of imidazole rings is 1. The molecule has 4 nitrogen and oxygen atoms in total. The maximum atomic E-state index is 10.3. The van der Waals surface area contributed by atoms with Crippen LogP contribution in [0, 0.1) is 13.8 Å². The molecule has 1 fully saturated rings. The zero-order chi connectivity index (χ0) is 12.7. The van der Waals surface area contributed by atoms with E-state index in [1.54, 1.807) is 17.5 Å². The first-order valence-corrected chi connectivity index (χ1v) is 7.09. The van der Waals surface area contributed by atoms with Crippen molar-refractivity contribution in [2.24, 2.45) is 0 Å². The second-order valence-corrected chi connectivity index (χ2v) is 6.21. The van der Waals surface area contributed by atoms with Gasteiger partial charge in [0, 0.05) is 17.3 Å². The molecule has 1 atom stereocenters. The largest absolute Gasteiger partial charge is 0.386 e. The lowest BCUT2D eigenvalue weighted by atomic mass is 10.2. The van der Waals surface area contributed by atoms with Gasteiger partial charge < -0.3 is 9.67 Å². The van der Waals surface area contributed by atoms with Gasteiger partial charge in [-0.1, -0.05) is 0 Å². The minimum Gasteiger partial charge on any atom is -0.386 e. The maximum absolute atomic E-state index is 10.3. The Kier molecular flexibility index (Phi) is 2.95. The number of aromatic nitrogens is 3. The first-order valence-electron chi connectivity index (χ1n) is 6.28. The molecule has 0 amide bonds. The predicted octanol–water partition coefficient (Wildman–Crippen LogP) is 2.57. The van der Waals surface area contributed by atoms with E-state index in [2.05, 4.69) is 21.5 Å². The smallest absolute Gasteiger partial charge is 0.102 e. The molecule has 18 heavy (non-hydrogen) atoms. The van der Waals surface area contributed by atoms with Crippen molar-refractivity contribution in [1.29, 1.82) is 0 Å². The van der Waals surface area contributed by atoms with Gasteiger partial charge in [-0.05, 0) is 26.7 Å². The molecule has 2 aromatic heterocycles.